The summed E-state index contributed by atoms with van der Waals surface area (Å²) in [6.45, 7) is 12.1. The van der Waals surface area contributed by atoms with Gasteiger partial charge in [-0.3, -0.25) is 14.9 Å². The Balaban J connectivity index is 2.27. The molecular formula is C22H27N3O4. The summed E-state index contributed by atoms with van der Waals surface area (Å²) in [4.78, 5) is 22.4. The Bertz CT molecular complexity index is 914. The summed E-state index contributed by atoms with van der Waals surface area (Å²) in [6.07, 6.45) is 1.52. The number of rotatable bonds is 4. The van der Waals surface area contributed by atoms with Crippen molar-refractivity contribution in [3.05, 3.63) is 68.8 Å². The van der Waals surface area contributed by atoms with Gasteiger partial charge in [-0.05, 0) is 40.7 Å². The lowest BCUT2D eigenvalue weighted by Gasteiger charge is -2.27. The van der Waals surface area contributed by atoms with Crippen molar-refractivity contribution >= 4 is 17.8 Å². The number of phenols is 1. The summed E-state index contributed by atoms with van der Waals surface area (Å²) in [5.41, 5.74) is 4.42. The zero-order valence-electron chi connectivity index (χ0n) is 17.6. The molecule has 7 heteroatoms. The number of hydrogen-bond acceptors (Lipinski definition) is 5. The van der Waals surface area contributed by atoms with E-state index in [0.29, 0.717) is 0 Å². The van der Waals surface area contributed by atoms with Gasteiger partial charge in [-0.15, -0.1) is 0 Å². The van der Waals surface area contributed by atoms with Crippen LogP contribution in [-0.4, -0.2) is 22.2 Å². The van der Waals surface area contributed by atoms with Gasteiger partial charge in [-0.2, -0.15) is 5.10 Å². The summed E-state index contributed by atoms with van der Waals surface area (Å²) in [5, 5.41) is 25.5. The van der Waals surface area contributed by atoms with Crippen LogP contribution < -0.4 is 5.43 Å². The number of nitrogens with zero attached hydrogens (tertiary/aromatic N) is 2. The van der Waals surface area contributed by atoms with Gasteiger partial charge < -0.3 is 5.11 Å². The van der Waals surface area contributed by atoms with Crippen LogP contribution in [0.1, 0.15) is 68.6 Å². The number of carbonyl (C=O) groups is 1. The van der Waals surface area contributed by atoms with Crippen molar-refractivity contribution in [2.75, 3.05) is 0 Å². The second kappa shape index (κ2) is 8.03. The summed E-state index contributed by atoms with van der Waals surface area (Å²) < 4.78 is 0. The molecule has 2 aromatic carbocycles. The molecule has 0 spiro atoms. The van der Waals surface area contributed by atoms with E-state index in [1.165, 1.54) is 30.5 Å². The molecule has 0 aromatic heterocycles. The number of benzene rings is 2. The predicted molar refractivity (Wildman–Crippen MR) is 114 cm³/mol. The molecule has 0 radical (unpaired) electrons. The molecule has 0 bridgehead atoms. The van der Waals surface area contributed by atoms with Crippen molar-refractivity contribution in [2.24, 2.45) is 5.10 Å². The minimum absolute atomic E-state index is 0.0847. The third-order valence-electron chi connectivity index (χ3n) is 4.47. The van der Waals surface area contributed by atoms with Gasteiger partial charge in [0, 0.05) is 28.8 Å². The second-order valence-corrected chi connectivity index (χ2v) is 8.97. The molecule has 2 rings (SSSR count). The van der Waals surface area contributed by atoms with E-state index < -0.39 is 10.8 Å². The first kappa shape index (κ1) is 22.1. The Hall–Kier alpha value is -3.22. The minimum atomic E-state index is -0.524. The average Bonchev–Trinajstić information content (AvgIpc) is 2.60. The number of hydrazone groups is 1. The Morgan fingerprint density at radius 1 is 1.03 bits per heavy atom. The Kier molecular flexibility index (Phi) is 6.11. The maximum atomic E-state index is 12.2. The van der Waals surface area contributed by atoms with Crippen LogP contribution in [0.5, 0.6) is 5.75 Å². The lowest BCUT2D eigenvalue weighted by molar-refractivity contribution is -0.384. The zero-order valence-corrected chi connectivity index (χ0v) is 17.6. The molecule has 0 aliphatic heterocycles. The lowest BCUT2D eigenvalue weighted by atomic mass is 9.78. The highest BCUT2D eigenvalue weighted by Crippen LogP contribution is 2.39. The van der Waals surface area contributed by atoms with E-state index >= 15 is 0 Å². The zero-order chi connectivity index (χ0) is 22.0. The second-order valence-electron chi connectivity index (χ2n) is 8.97. The van der Waals surface area contributed by atoms with Gasteiger partial charge in [0.25, 0.3) is 11.6 Å². The van der Waals surface area contributed by atoms with E-state index in [2.05, 4.69) is 10.5 Å². The number of nitro benzene ring substituents is 1. The van der Waals surface area contributed by atoms with E-state index in [0.717, 1.165) is 16.7 Å². The van der Waals surface area contributed by atoms with Crippen LogP contribution >= 0.6 is 0 Å². The van der Waals surface area contributed by atoms with Gasteiger partial charge in [-0.1, -0.05) is 41.5 Å². The van der Waals surface area contributed by atoms with Crippen molar-refractivity contribution in [1.82, 2.24) is 5.43 Å². The maximum Gasteiger partial charge on any atom is 0.271 e. The molecule has 7 nitrogen and oxygen atoms in total. The largest absolute Gasteiger partial charge is 0.507 e. The van der Waals surface area contributed by atoms with Gasteiger partial charge in [0.05, 0.1) is 11.1 Å². The highest BCUT2D eigenvalue weighted by molar-refractivity contribution is 5.95. The molecule has 2 N–H and O–H groups in total. The van der Waals surface area contributed by atoms with Crippen molar-refractivity contribution < 1.29 is 14.8 Å². The highest BCUT2D eigenvalue weighted by atomic mass is 16.6. The van der Waals surface area contributed by atoms with Crippen molar-refractivity contribution in [2.45, 2.75) is 52.4 Å². The third-order valence-corrected chi connectivity index (χ3v) is 4.47. The van der Waals surface area contributed by atoms with Crippen LogP contribution in [0.25, 0.3) is 0 Å². The normalized spacial score (nSPS) is 12.2. The molecule has 2 aromatic rings. The summed E-state index contributed by atoms with van der Waals surface area (Å²) in [7, 11) is 0. The summed E-state index contributed by atoms with van der Waals surface area (Å²) >= 11 is 0. The molecule has 29 heavy (non-hydrogen) atoms. The van der Waals surface area contributed by atoms with Crippen molar-refractivity contribution in [1.29, 1.82) is 0 Å². The first-order valence-corrected chi connectivity index (χ1v) is 9.26. The first-order chi connectivity index (χ1) is 13.3. The fraction of sp³-hybridized carbons (Fsp3) is 0.364. The maximum absolute atomic E-state index is 12.2. The predicted octanol–water partition coefficient (Wildman–Crippen LogP) is 4.66. The number of nitro groups is 1. The molecular weight excluding hydrogens is 370 g/mol. The van der Waals surface area contributed by atoms with Crippen LogP contribution in [-0.2, 0) is 10.8 Å². The number of aromatic hydroxyl groups is 1. The highest BCUT2D eigenvalue weighted by Gasteiger charge is 2.26. The molecule has 0 saturated heterocycles. The number of amides is 1. The number of carbonyl (C=O) groups excluding carboxylic acids is 1. The van der Waals surface area contributed by atoms with E-state index in [1.54, 1.807) is 0 Å². The van der Waals surface area contributed by atoms with Gasteiger partial charge in [0.1, 0.15) is 5.75 Å². The van der Waals surface area contributed by atoms with Crippen LogP contribution in [0.3, 0.4) is 0 Å². The van der Waals surface area contributed by atoms with E-state index in [4.69, 9.17) is 0 Å². The van der Waals surface area contributed by atoms with Crippen LogP contribution in [0.2, 0.25) is 0 Å². The summed E-state index contributed by atoms with van der Waals surface area (Å²) in [5.74, 6) is -0.195. The van der Waals surface area contributed by atoms with Crippen molar-refractivity contribution in [3.63, 3.8) is 0 Å². The molecule has 0 unspecified atom stereocenters. The molecule has 0 heterocycles. The molecule has 154 valence electrons. The Labute approximate surface area is 170 Å². The van der Waals surface area contributed by atoms with E-state index in [1.807, 2.05) is 53.7 Å². The van der Waals surface area contributed by atoms with Gasteiger partial charge >= 0.3 is 0 Å². The van der Waals surface area contributed by atoms with Crippen molar-refractivity contribution in [3.8, 4) is 5.75 Å². The van der Waals surface area contributed by atoms with Crippen LogP contribution in [0, 0.1) is 10.1 Å². The number of nitrogens with one attached hydrogen (secondary N) is 1. The average molecular weight is 397 g/mol. The molecule has 1 amide bonds. The molecule has 0 aliphatic carbocycles. The Morgan fingerprint density at radius 3 is 1.93 bits per heavy atom. The van der Waals surface area contributed by atoms with E-state index in [9.17, 15) is 20.0 Å². The molecule has 0 aliphatic rings. The number of non-ortho nitro benzene ring substituents is 1. The quantitative estimate of drug-likeness (QED) is 0.445. The number of hydrogen-bond donors (Lipinski definition) is 2. The third kappa shape index (κ3) is 5.40. The van der Waals surface area contributed by atoms with Crippen LogP contribution in [0.4, 0.5) is 5.69 Å². The standard InChI is InChI=1S/C22H27N3O4/c1-21(2,3)17-11-14(12-18(19(17)26)22(4,5)6)13-23-24-20(27)15-7-9-16(10-8-15)25(28)29/h7-13,26H,1-6H3,(H,24,27)/b23-13-. The first-order valence-electron chi connectivity index (χ1n) is 9.26. The molecule has 0 saturated carbocycles. The smallest absolute Gasteiger partial charge is 0.271 e. The fourth-order valence-corrected chi connectivity index (χ4v) is 2.84. The number of phenolic OH excluding ortho intramolecular Hbond substituents is 1. The SMILES string of the molecule is CC(C)(C)c1cc(/C=N\NC(=O)c2ccc([N+](=O)[O-])cc2)cc(C(C)(C)C)c1O. The molecule has 0 atom stereocenters. The van der Waals surface area contributed by atoms with Gasteiger partial charge in [0.15, 0.2) is 0 Å². The monoisotopic (exact) mass is 397 g/mol. The lowest BCUT2D eigenvalue weighted by Crippen LogP contribution is -2.19. The minimum Gasteiger partial charge on any atom is -0.507 e. The summed E-state index contributed by atoms with van der Waals surface area (Å²) in [6, 6.07) is 8.99. The van der Waals surface area contributed by atoms with Crippen LogP contribution in [0.15, 0.2) is 41.5 Å². The fourth-order valence-electron chi connectivity index (χ4n) is 2.84. The van der Waals surface area contributed by atoms with Gasteiger partial charge in [0.2, 0.25) is 0 Å². The topological polar surface area (TPSA) is 105 Å². The molecule has 0 fully saturated rings. The Morgan fingerprint density at radius 2 is 1.52 bits per heavy atom. The van der Waals surface area contributed by atoms with E-state index in [-0.39, 0.29) is 27.8 Å². The van der Waals surface area contributed by atoms with Gasteiger partial charge in [-0.25, -0.2) is 5.43 Å².